The number of hydrogen-bond acceptors (Lipinski definition) is 5. The first kappa shape index (κ1) is 20.9. The molecule has 0 saturated carbocycles. The van der Waals surface area contributed by atoms with Crippen molar-refractivity contribution in [1.29, 1.82) is 0 Å². The molecule has 2 heterocycles. The third-order valence-corrected chi connectivity index (χ3v) is 5.43. The van der Waals surface area contributed by atoms with E-state index < -0.39 is 0 Å². The first-order chi connectivity index (χ1) is 14.0. The molecule has 1 aliphatic heterocycles. The fraction of sp³-hybridized carbons (Fsp3) is 0.136. The molecule has 3 rings (SSSR count). The molecule has 0 bridgehead atoms. The zero-order chi connectivity index (χ0) is 20.8. The lowest BCUT2D eigenvalue weighted by Gasteiger charge is -2.03. The van der Waals surface area contributed by atoms with Gasteiger partial charge in [-0.25, -0.2) is 4.99 Å². The van der Waals surface area contributed by atoms with Gasteiger partial charge in [0, 0.05) is 23.1 Å². The van der Waals surface area contributed by atoms with Crippen LogP contribution in [0.25, 0.3) is 11.3 Å². The second kappa shape index (κ2) is 9.58. The van der Waals surface area contributed by atoms with E-state index in [4.69, 9.17) is 16.0 Å². The van der Waals surface area contributed by atoms with Crippen LogP contribution in [0.1, 0.15) is 23.0 Å². The zero-order valence-corrected chi connectivity index (χ0v) is 17.3. The van der Waals surface area contributed by atoms with E-state index in [1.807, 2.05) is 24.3 Å². The lowest BCUT2D eigenvalue weighted by Crippen LogP contribution is -2.25. The molecule has 0 aliphatic carbocycles. The molecule has 1 aliphatic rings. The number of rotatable bonds is 7. The topological polar surface area (TPSA) is 71.7 Å². The quantitative estimate of drug-likeness (QED) is 0.493. The van der Waals surface area contributed by atoms with Gasteiger partial charge in [-0.3, -0.25) is 9.59 Å². The predicted octanol–water partition coefficient (Wildman–Crippen LogP) is 5.10. The maximum atomic E-state index is 12.3. The highest BCUT2D eigenvalue weighted by molar-refractivity contribution is 8.15. The van der Waals surface area contributed by atoms with Crippen LogP contribution in [0.15, 0.2) is 81.8 Å². The molecule has 2 aromatic rings. The highest BCUT2D eigenvalue weighted by Crippen LogP contribution is 2.28. The molecule has 5 nitrogen and oxygen atoms in total. The third kappa shape index (κ3) is 5.37. The summed E-state index contributed by atoms with van der Waals surface area (Å²) in [6.07, 6.45) is 5.44. The maximum Gasteiger partial charge on any atom is 0.239 e. The van der Waals surface area contributed by atoms with E-state index in [1.165, 1.54) is 24.2 Å². The van der Waals surface area contributed by atoms with Gasteiger partial charge in [0.2, 0.25) is 5.91 Å². The summed E-state index contributed by atoms with van der Waals surface area (Å²) in [5, 5.41) is 2.90. The van der Waals surface area contributed by atoms with Crippen molar-refractivity contribution in [3.05, 3.63) is 83.8 Å². The number of ketones is 1. The van der Waals surface area contributed by atoms with Crippen LogP contribution in [-0.4, -0.2) is 22.1 Å². The zero-order valence-electron chi connectivity index (χ0n) is 15.7. The number of carbonyl (C=O) groups excluding carboxylic acids is 2. The van der Waals surface area contributed by atoms with Crippen LogP contribution >= 0.6 is 23.4 Å². The Morgan fingerprint density at radius 2 is 2.21 bits per heavy atom. The Morgan fingerprint density at radius 1 is 1.38 bits per heavy atom. The van der Waals surface area contributed by atoms with E-state index >= 15 is 0 Å². The van der Waals surface area contributed by atoms with Gasteiger partial charge < -0.3 is 9.73 Å². The largest absolute Gasteiger partial charge is 0.461 e. The summed E-state index contributed by atoms with van der Waals surface area (Å²) in [6, 6.07) is 11.0. The Balaban J connectivity index is 1.71. The Bertz CT molecular complexity index is 1040. The van der Waals surface area contributed by atoms with Gasteiger partial charge in [-0.15, -0.1) is 0 Å². The Labute approximate surface area is 178 Å². The van der Waals surface area contributed by atoms with Crippen LogP contribution < -0.4 is 5.32 Å². The number of Topliss-reactive ketones (excluding diaryl/α,β-unsaturated/α-hetero) is 1. The van der Waals surface area contributed by atoms with E-state index in [0.29, 0.717) is 34.4 Å². The highest BCUT2D eigenvalue weighted by Gasteiger charge is 2.31. The van der Waals surface area contributed by atoms with Gasteiger partial charge in [0.1, 0.15) is 11.5 Å². The summed E-state index contributed by atoms with van der Waals surface area (Å²) >= 11 is 7.09. The molecule has 0 spiro atoms. The Kier molecular flexibility index (Phi) is 6.90. The minimum Gasteiger partial charge on any atom is -0.461 e. The SMILES string of the molecule is C=C/C=C\C(=C\Cl)N=C1NC(=O)C(Cc2ccc(-c3cccc(C(C)=O)c3)o2)S1. The average molecular weight is 427 g/mol. The van der Waals surface area contributed by atoms with Gasteiger partial charge in [0.25, 0.3) is 0 Å². The van der Waals surface area contributed by atoms with Gasteiger partial charge >= 0.3 is 0 Å². The van der Waals surface area contributed by atoms with E-state index in [-0.39, 0.29) is 16.9 Å². The predicted molar refractivity (Wildman–Crippen MR) is 118 cm³/mol. The number of halogens is 1. The number of allylic oxidation sites excluding steroid dienone is 3. The van der Waals surface area contributed by atoms with E-state index in [0.717, 1.165) is 5.56 Å². The van der Waals surface area contributed by atoms with E-state index in [1.54, 1.807) is 30.4 Å². The van der Waals surface area contributed by atoms with Gasteiger partial charge in [0.15, 0.2) is 11.0 Å². The molecule has 1 aromatic carbocycles. The molecule has 148 valence electrons. The van der Waals surface area contributed by atoms with Crippen LogP contribution in [0, 0.1) is 0 Å². The number of thioether (sulfide) groups is 1. The molecule has 1 N–H and O–H groups in total. The van der Waals surface area contributed by atoms with Crippen LogP contribution in [0.3, 0.4) is 0 Å². The van der Waals surface area contributed by atoms with E-state index in [9.17, 15) is 9.59 Å². The Hall–Kier alpha value is -2.83. The van der Waals surface area contributed by atoms with Gasteiger partial charge in [-0.1, -0.05) is 60.3 Å². The number of benzene rings is 1. The number of amides is 1. The average Bonchev–Trinajstić information content (AvgIpc) is 3.32. The first-order valence-electron chi connectivity index (χ1n) is 8.86. The second-order valence-corrected chi connectivity index (χ2v) is 7.66. The summed E-state index contributed by atoms with van der Waals surface area (Å²) in [7, 11) is 0. The summed E-state index contributed by atoms with van der Waals surface area (Å²) in [4.78, 5) is 28.2. The monoisotopic (exact) mass is 426 g/mol. The highest BCUT2D eigenvalue weighted by atomic mass is 35.5. The molecule has 1 atom stereocenters. The van der Waals surface area contributed by atoms with Crippen molar-refractivity contribution in [2.24, 2.45) is 4.99 Å². The van der Waals surface area contributed by atoms with Gasteiger partial charge in [-0.05, 0) is 31.2 Å². The third-order valence-electron chi connectivity index (χ3n) is 4.12. The molecule has 0 radical (unpaired) electrons. The summed E-state index contributed by atoms with van der Waals surface area (Å²) in [5.74, 6) is 1.20. The molecule has 1 unspecified atom stereocenters. The van der Waals surface area contributed by atoms with Crippen LogP contribution in [0.5, 0.6) is 0 Å². The molecular weight excluding hydrogens is 408 g/mol. The molecule has 29 heavy (non-hydrogen) atoms. The van der Waals surface area contributed by atoms with Crippen molar-refractivity contribution in [2.45, 2.75) is 18.6 Å². The summed E-state index contributed by atoms with van der Waals surface area (Å²) < 4.78 is 5.91. The standard InChI is InChI=1S/C22H19ClN2O3S/c1-3-4-8-17(13-23)24-22-25-21(27)20(29-22)12-18-9-10-19(28-18)16-7-5-6-15(11-16)14(2)26/h3-11,13,20H,1,12H2,2H3,(H,24,25,27)/b8-4-,17-13-. The number of hydrogen-bond donors (Lipinski definition) is 1. The molecule has 1 fully saturated rings. The number of carbonyl (C=O) groups is 2. The molecule has 7 heteroatoms. The molecule has 1 amide bonds. The van der Waals surface area contributed by atoms with E-state index in [2.05, 4.69) is 16.9 Å². The van der Waals surface area contributed by atoms with Crippen molar-refractivity contribution in [3.63, 3.8) is 0 Å². The molecule has 1 aromatic heterocycles. The summed E-state index contributed by atoms with van der Waals surface area (Å²) in [6.45, 7) is 5.13. The second-order valence-electron chi connectivity index (χ2n) is 6.25. The fourth-order valence-electron chi connectivity index (χ4n) is 2.69. The van der Waals surface area contributed by atoms with Crippen molar-refractivity contribution in [1.82, 2.24) is 5.32 Å². The number of furan rings is 1. The number of nitrogens with one attached hydrogen (secondary N) is 1. The van der Waals surface area contributed by atoms with Crippen LogP contribution in [-0.2, 0) is 11.2 Å². The number of amidine groups is 1. The van der Waals surface area contributed by atoms with Crippen LogP contribution in [0.2, 0.25) is 0 Å². The fourth-order valence-corrected chi connectivity index (χ4v) is 3.81. The smallest absolute Gasteiger partial charge is 0.239 e. The number of aliphatic imine (C=N–C) groups is 1. The first-order valence-corrected chi connectivity index (χ1v) is 10.2. The van der Waals surface area contributed by atoms with Gasteiger partial charge in [0.05, 0.1) is 10.9 Å². The van der Waals surface area contributed by atoms with Crippen molar-refractivity contribution < 1.29 is 14.0 Å². The minimum atomic E-state index is -0.351. The lowest BCUT2D eigenvalue weighted by molar-refractivity contribution is -0.118. The van der Waals surface area contributed by atoms with Crippen molar-refractivity contribution >= 4 is 40.2 Å². The van der Waals surface area contributed by atoms with Crippen molar-refractivity contribution in [2.75, 3.05) is 0 Å². The molecule has 1 saturated heterocycles. The van der Waals surface area contributed by atoms with Crippen molar-refractivity contribution in [3.8, 4) is 11.3 Å². The number of nitrogens with zero attached hydrogens (tertiary/aromatic N) is 1. The summed E-state index contributed by atoms with van der Waals surface area (Å²) in [5.41, 5.74) is 3.29. The van der Waals surface area contributed by atoms with Crippen LogP contribution in [0.4, 0.5) is 0 Å². The van der Waals surface area contributed by atoms with Gasteiger partial charge in [-0.2, -0.15) is 0 Å². The molecular formula is C22H19ClN2O3S. The minimum absolute atomic E-state index is 0.00206. The maximum absolute atomic E-state index is 12.3. The Morgan fingerprint density at radius 3 is 2.93 bits per heavy atom. The lowest BCUT2D eigenvalue weighted by atomic mass is 10.1. The normalized spacial score (nSPS) is 18.4.